The summed E-state index contributed by atoms with van der Waals surface area (Å²) in [7, 11) is 3.19. The van der Waals surface area contributed by atoms with Gasteiger partial charge in [0, 0.05) is 19.7 Å². The fraction of sp³-hybridized carbons (Fsp3) is 0.273. The zero-order valence-electron chi connectivity index (χ0n) is 9.07. The van der Waals surface area contributed by atoms with Crippen LogP contribution in [-0.2, 0) is 0 Å². The standard InChI is InChI=1S/C11H12BrNO3/c1-13(2)11(15)16-9-5-3-4-8(6-9)10(14)7-12/h3-6H,7H2,1-2H3. The Balaban J connectivity index is 2.83. The summed E-state index contributed by atoms with van der Waals surface area (Å²) in [4.78, 5) is 24.0. The molecule has 0 saturated carbocycles. The molecule has 1 aromatic carbocycles. The van der Waals surface area contributed by atoms with Gasteiger partial charge >= 0.3 is 6.09 Å². The first-order valence-electron chi connectivity index (χ1n) is 4.63. The Bertz CT molecular complexity index is 404. The highest BCUT2D eigenvalue weighted by molar-refractivity contribution is 9.09. The summed E-state index contributed by atoms with van der Waals surface area (Å²) in [6, 6.07) is 6.53. The molecule has 0 N–H and O–H groups in total. The van der Waals surface area contributed by atoms with Gasteiger partial charge in [-0.1, -0.05) is 28.1 Å². The Morgan fingerprint density at radius 1 is 1.38 bits per heavy atom. The number of ketones is 1. The largest absolute Gasteiger partial charge is 0.414 e. The molecule has 0 aliphatic heterocycles. The van der Waals surface area contributed by atoms with E-state index in [-0.39, 0.29) is 11.1 Å². The van der Waals surface area contributed by atoms with Crippen molar-refractivity contribution >= 4 is 27.8 Å². The predicted octanol–water partition coefficient (Wildman–Crippen LogP) is 2.32. The second-order valence-corrected chi connectivity index (χ2v) is 3.91. The van der Waals surface area contributed by atoms with Crippen molar-refractivity contribution < 1.29 is 14.3 Å². The highest BCUT2D eigenvalue weighted by Gasteiger charge is 2.09. The van der Waals surface area contributed by atoms with E-state index in [0.29, 0.717) is 11.3 Å². The van der Waals surface area contributed by atoms with Crippen molar-refractivity contribution in [2.75, 3.05) is 19.4 Å². The van der Waals surface area contributed by atoms with Gasteiger partial charge in [-0.25, -0.2) is 4.79 Å². The molecule has 0 aliphatic carbocycles. The smallest absolute Gasteiger partial charge is 0.410 e. The SMILES string of the molecule is CN(C)C(=O)Oc1cccc(C(=O)CBr)c1. The number of hydrogen-bond acceptors (Lipinski definition) is 3. The number of amides is 1. The number of benzene rings is 1. The normalized spacial score (nSPS) is 9.69. The molecular formula is C11H12BrNO3. The van der Waals surface area contributed by atoms with Crippen LogP contribution in [0.5, 0.6) is 5.75 Å². The molecule has 0 aliphatic rings. The van der Waals surface area contributed by atoms with Gasteiger partial charge < -0.3 is 9.64 Å². The van der Waals surface area contributed by atoms with Crippen molar-refractivity contribution in [2.45, 2.75) is 0 Å². The summed E-state index contributed by atoms with van der Waals surface area (Å²) >= 11 is 3.08. The number of carbonyl (C=O) groups excluding carboxylic acids is 2. The van der Waals surface area contributed by atoms with Gasteiger partial charge in [-0.3, -0.25) is 4.79 Å². The van der Waals surface area contributed by atoms with Gasteiger partial charge in [-0.05, 0) is 12.1 Å². The van der Waals surface area contributed by atoms with Gasteiger partial charge in [0.1, 0.15) is 5.75 Å². The molecule has 0 heterocycles. The highest BCUT2D eigenvalue weighted by atomic mass is 79.9. The molecule has 1 rings (SSSR count). The van der Waals surface area contributed by atoms with Gasteiger partial charge in [0.05, 0.1) is 5.33 Å². The number of carbonyl (C=O) groups is 2. The maximum Gasteiger partial charge on any atom is 0.414 e. The molecule has 0 unspecified atom stereocenters. The maximum absolute atomic E-state index is 11.4. The molecule has 0 radical (unpaired) electrons. The Morgan fingerprint density at radius 3 is 2.62 bits per heavy atom. The number of rotatable bonds is 3. The average molecular weight is 286 g/mol. The number of ether oxygens (including phenoxy) is 1. The molecule has 0 bridgehead atoms. The number of Topliss-reactive ketones (excluding diaryl/α,β-unsaturated/α-hetero) is 1. The number of alkyl halides is 1. The summed E-state index contributed by atoms with van der Waals surface area (Å²) in [5.74, 6) is 0.313. The van der Waals surface area contributed by atoms with Crippen molar-refractivity contribution in [3.05, 3.63) is 29.8 Å². The van der Waals surface area contributed by atoms with Gasteiger partial charge in [-0.15, -0.1) is 0 Å². The minimum atomic E-state index is -0.469. The van der Waals surface area contributed by atoms with Crippen LogP contribution >= 0.6 is 15.9 Å². The zero-order chi connectivity index (χ0) is 12.1. The number of nitrogens with zero attached hydrogens (tertiary/aromatic N) is 1. The minimum absolute atomic E-state index is 0.0530. The Morgan fingerprint density at radius 2 is 2.06 bits per heavy atom. The summed E-state index contributed by atoms with van der Waals surface area (Å²) < 4.78 is 5.03. The lowest BCUT2D eigenvalue weighted by atomic mass is 10.1. The van der Waals surface area contributed by atoms with Crippen molar-refractivity contribution in [1.82, 2.24) is 4.90 Å². The van der Waals surface area contributed by atoms with Crippen molar-refractivity contribution in [2.24, 2.45) is 0 Å². The molecule has 16 heavy (non-hydrogen) atoms. The molecule has 0 fully saturated rings. The quantitative estimate of drug-likeness (QED) is 0.633. The van der Waals surface area contributed by atoms with Gasteiger partial charge in [0.2, 0.25) is 0 Å². The Labute approximate surface area is 102 Å². The predicted molar refractivity (Wildman–Crippen MR) is 64.3 cm³/mol. The number of halogens is 1. The Kier molecular flexibility index (Phi) is 4.49. The highest BCUT2D eigenvalue weighted by Crippen LogP contribution is 2.15. The Hall–Kier alpha value is -1.36. The first-order chi connectivity index (χ1) is 7.54. The minimum Gasteiger partial charge on any atom is -0.410 e. The molecule has 0 saturated heterocycles. The molecule has 5 heteroatoms. The van der Waals surface area contributed by atoms with Gasteiger partial charge in [0.15, 0.2) is 5.78 Å². The van der Waals surface area contributed by atoms with Crippen LogP contribution in [0.3, 0.4) is 0 Å². The van der Waals surface area contributed by atoms with Crippen LogP contribution in [0.25, 0.3) is 0 Å². The summed E-state index contributed by atoms with van der Waals surface area (Å²) in [6.07, 6.45) is -0.469. The topological polar surface area (TPSA) is 46.6 Å². The van der Waals surface area contributed by atoms with E-state index < -0.39 is 6.09 Å². The summed E-state index contributed by atoms with van der Waals surface area (Å²) in [5, 5.41) is 0.248. The zero-order valence-corrected chi connectivity index (χ0v) is 10.7. The first-order valence-corrected chi connectivity index (χ1v) is 5.75. The molecule has 1 amide bonds. The third-order valence-corrected chi connectivity index (χ3v) is 2.36. The van der Waals surface area contributed by atoms with E-state index in [9.17, 15) is 9.59 Å². The third-order valence-electron chi connectivity index (χ3n) is 1.85. The van der Waals surface area contributed by atoms with Crippen molar-refractivity contribution in [3.8, 4) is 5.75 Å². The van der Waals surface area contributed by atoms with E-state index in [1.165, 1.54) is 4.90 Å². The molecule has 1 aromatic rings. The fourth-order valence-corrected chi connectivity index (χ4v) is 1.33. The second-order valence-electron chi connectivity index (χ2n) is 3.35. The van der Waals surface area contributed by atoms with Crippen LogP contribution < -0.4 is 4.74 Å². The van der Waals surface area contributed by atoms with Crippen LogP contribution in [0.2, 0.25) is 0 Å². The number of hydrogen-bond donors (Lipinski definition) is 0. The van der Waals surface area contributed by atoms with E-state index in [4.69, 9.17) is 4.74 Å². The van der Waals surface area contributed by atoms with Crippen molar-refractivity contribution in [3.63, 3.8) is 0 Å². The monoisotopic (exact) mass is 285 g/mol. The van der Waals surface area contributed by atoms with E-state index in [1.807, 2.05) is 0 Å². The molecule has 4 nitrogen and oxygen atoms in total. The lowest BCUT2D eigenvalue weighted by Gasteiger charge is -2.10. The maximum atomic E-state index is 11.4. The first kappa shape index (κ1) is 12.7. The van der Waals surface area contributed by atoms with E-state index in [0.717, 1.165) is 0 Å². The fourth-order valence-electron chi connectivity index (χ4n) is 1.00. The third kappa shape index (κ3) is 3.34. The lowest BCUT2D eigenvalue weighted by molar-refractivity contribution is 0.102. The van der Waals surface area contributed by atoms with Crippen LogP contribution in [0.1, 0.15) is 10.4 Å². The summed E-state index contributed by atoms with van der Waals surface area (Å²) in [6.45, 7) is 0. The van der Waals surface area contributed by atoms with Crippen LogP contribution in [-0.4, -0.2) is 36.2 Å². The van der Waals surface area contributed by atoms with E-state index in [2.05, 4.69) is 15.9 Å². The van der Waals surface area contributed by atoms with Crippen LogP contribution in [0, 0.1) is 0 Å². The molecule has 0 aromatic heterocycles. The second kappa shape index (κ2) is 5.65. The van der Waals surface area contributed by atoms with E-state index in [1.54, 1.807) is 38.4 Å². The average Bonchev–Trinajstić information content (AvgIpc) is 2.28. The van der Waals surface area contributed by atoms with Gasteiger partial charge in [0.25, 0.3) is 0 Å². The van der Waals surface area contributed by atoms with Crippen molar-refractivity contribution in [1.29, 1.82) is 0 Å². The molecule has 0 atom stereocenters. The lowest BCUT2D eigenvalue weighted by Crippen LogP contribution is -2.25. The molecular weight excluding hydrogens is 274 g/mol. The summed E-state index contributed by atoms with van der Waals surface area (Å²) in [5.41, 5.74) is 0.515. The van der Waals surface area contributed by atoms with Crippen LogP contribution in [0.15, 0.2) is 24.3 Å². The molecule has 0 spiro atoms. The van der Waals surface area contributed by atoms with E-state index >= 15 is 0 Å². The molecule has 86 valence electrons. The van der Waals surface area contributed by atoms with Crippen LogP contribution in [0.4, 0.5) is 4.79 Å². The van der Waals surface area contributed by atoms with Gasteiger partial charge in [-0.2, -0.15) is 0 Å².